The summed E-state index contributed by atoms with van der Waals surface area (Å²) in [5.41, 5.74) is 3.00. The molecule has 3 atom stereocenters. The summed E-state index contributed by atoms with van der Waals surface area (Å²) < 4.78 is 0. The summed E-state index contributed by atoms with van der Waals surface area (Å²) in [4.78, 5) is 0. The summed E-state index contributed by atoms with van der Waals surface area (Å²) >= 11 is 0. The standard InChI is InChI=1S/C15H20/c1-11-5-7-13(8-6-11)14-4-2-3-12-9-10-15(12)14/h5-8,12,14-15H,2-4,9-10H2,1H3. The highest BCUT2D eigenvalue weighted by molar-refractivity contribution is 5.26. The maximum absolute atomic E-state index is 2.36. The summed E-state index contributed by atoms with van der Waals surface area (Å²) in [6.07, 6.45) is 7.40. The third kappa shape index (κ3) is 1.60. The van der Waals surface area contributed by atoms with Gasteiger partial charge in [0.2, 0.25) is 0 Å². The van der Waals surface area contributed by atoms with Crippen molar-refractivity contribution < 1.29 is 0 Å². The Morgan fingerprint density at radius 1 is 0.933 bits per heavy atom. The van der Waals surface area contributed by atoms with Gasteiger partial charge in [-0.2, -0.15) is 0 Å². The molecule has 2 fully saturated rings. The van der Waals surface area contributed by atoms with Crippen molar-refractivity contribution in [3.05, 3.63) is 35.4 Å². The quantitative estimate of drug-likeness (QED) is 0.634. The van der Waals surface area contributed by atoms with Gasteiger partial charge in [0.25, 0.3) is 0 Å². The molecule has 80 valence electrons. The Morgan fingerprint density at radius 3 is 2.40 bits per heavy atom. The molecule has 0 bridgehead atoms. The van der Waals surface area contributed by atoms with E-state index in [-0.39, 0.29) is 0 Å². The molecular formula is C15H20. The maximum Gasteiger partial charge on any atom is -0.0131 e. The molecule has 0 amide bonds. The number of rotatable bonds is 1. The van der Waals surface area contributed by atoms with E-state index in [1.165, 1.54) is 37.7 Å². The number of hydrogen-bond donors (Lipinski definition) is 0. The van der Waals surface area contributed by atoms with E-state index in [0.29, 0.717) is 0 Å². The molecule has 0 heteroatoms. The molecule has 3 rings (SSSR count). The normalized spacial score (nSPS) is 34.3. The lowest BCUT2D eigenvalue weighted by atomic mass is 9.59. The van der Waals surface area contributed by atoms with Crippen molar-refractivity contribution in [2.75, 3.05) is 0 Å². The molecule has 0 heterocycles. The highest BCUT2D eigenvalue weighted by Gasteiger charge is 2.39. The third-order valence-corrected chi connectivity index (χ3v) is 4.59. The molecule has 0 radical (unpaired) electrons. The lowest BCUT2D eigenvalue weighted by Gasteiger charge is -2.46. The first-order valence-corrected chi connectivity index (χ1v) is 6.41. The van der Waals surface area contributed by atoms with Gasteiger partial charge in [-0.1, -0.05) is 42.7 Å². The maximum atomic E-state index is 2.36. The first-order chi connectivity index (χ1) is 7.34. The Balaban J connectivity index is 1.83. The summed E-state index contributed by atoms with van der Waals surface area (Å²) in [5, 5.41) is 0. The summed E-state index contributed by atoms with van der Waals surface area (Å²) in [5.74, 6) is 2.99. The summed E-state index contributed by atoms with van der Waals surface area (Å²) in [7, 11) is 0. The van der Waals surface area contributed by atoms with E-state index in [1.807, 2.05) is 0 Å². The molecular weight excluding hydrogens is 180 g/mol. The van der Waals surface area contributed by atoms with Gasteiger partial charge in [0, 0.05) is 0 Å². The summed E-state index contributed by atoms with van der Waals surface area (Å²) in [6, 6.07) is 9.27. The van der Waals surface area contributed by atoms with Crippen LogP contribution in [0, 0.1) is 18.8 Å². The van der Waals surface area contributed by atoms with Crippen LogP contribution in [0.2, 0.25) is 0 Å². The SMILES string of the molecule is Cc1ccc(C2CCCC3CCC32)cc1. The van der Waals surface area contributed by atoms with Crippen LogP contribution in [-0.4, -0.2) is 0 Å². The molecule has 0 aromatic heterocycles. The molecule has 0 aliphatic heterocycles. The molecule has 0 nitrogen and oxygen atoms in total. The third-order valence-electron chi connectivity index (χ3n) is 4.59. The van der Waals surface area contributed by atoms with Crippen molar-refractivity contribution in [3.63, 3.8) is 0 Å². The predicted molar refractivity (Wildman–Crippen MR) is 64.0 cm³/mol. The van der Waals surface area contributed by atoms with Crippen LogP contribution in [0.1, 0.15) is 49.1 Å². The number of fused-ring (bicyclic) bond motifs is 1. The second kappa shape index (κ2) is 3.66. The molecule has 3 unspecified atom stereocenters. The fourth-order valence-electron chi connectivity index (χ4n) is 3.52. The summed E-state index contributed by atoms with van der Waals surface area (Å²) in [6.45, 7) is 2.18. The molecule has 2 aliphatic rings. The minimum atomic E-state index is 0.887. The molecule has 1 aromatic carbocycles. The number of benzene rings is 1. The Morgan fingerprint density at radius 2 is 1.73 bits per heavy atom. The molecule has 15 heavy (non-hydrogen) atoms. The van der Waals surface area contributed by atoms with Crippen molar-refractivity contribution in [2.45, 2.75) is 44.9 Å². The van der Waals surface area contributed by atoms with Gasteiger partial charge in [-0.05, 0) is 49.5 Å². The van der Waals surface area contributed by atoms with Crippen molar-refractivity contribution in [1.82, 2.24) is 0 Å². The first-order valence-electron chi connectivity index (χ1n) is 6.41. The zero-order valence-corrected chi connectivity index (χ0v) is 9.58. The van der Waals surface area contributed by atoms with Crippen LogP contribution in [0.25, 0.3) is 0 Å². The largest absolute Gasteiger partial charge is 0.0590 e. The van der Waals surface area contributed by atoms with Gasteiger partial charge in [0.1, 0.15) is 0 Å². The average Bonchev–Trinajstić information content (AvgIpc) is 2.21. The first kappa shape index (κ1) is 9.45. The van der Waals surface area contributed by atoms with Crippen molar-refractivity contribution in [3.8, 4) is 0 Å². The average molecular weight is 200 g/mol. The highest BCUT2D eigenvalue weighted by Crippen LogP contribution is 2.51. The van der Waals surface area contributed by atoms with Crippen LogP contribution in [0.15, 0.2) is 24.3 Å². The Labute approximate surface area is 92.7 Å². The van der Waals surface area contributed by atoms with Crippen molar-refractivity contribution >= 4 is 0 Å². The number of aryl methyl sites for hydroxylation is 1. The van der Waals surface area contributed by atoms with E-state index >= 15 is 0 Å². The van der Waals surface area contributed by atoms with Gasteiger partial charge in [-0.25, -0.2) is 0 Å². The fraction of sp³-hybridized carbons (Fsp3) is 0.600. The Bertz CT molecular complexity index is 336. The molecule has 1 aromatic rings. The van der Waals surface area contributed by atoms with Crippen molar-refractivity contribution in [2.24, 2.45) is 11.8 Å². The van der Waals surface area contributed by atoms with Gasteiger partial charge in [-0.3, -0.25) is 0 Å². The smallest absolute Gasteiger partial charge is 0.0131 e. The molecule has 0 N–H and O–H groups in total. The second-order valence-corrected chi connectivity index (χ2v) is 5.45. The van der Waals surface area contributed by atoms with E-state index in [9.17, 15) is 0 Å². The van der Waals surface area contributed by atoms with Crippen LogP contribution >= 0.6 is 0 Å². The van der Waals surface area contributed by atoms with Gasteiger partial charge < -0.3 is 0 Å². The predicted octanol–water partition coefficient (Wildman–Crippen LogP) is 4.29. The van der Waals surface area contributed by atoms with Gasteiger partial charge >= 0.3 is 0 Å². The minimum absolute atomic E-state index is 0.887. The van der Waals surface area contributed by atoms with Crippen molar-refractivity contribution in [1.29, 1.82) is 0 Å². The lowest BCUT2D eigenvalue weighted by molar-refractivity contribution is 0.0901. The highest BCUT2D eigenvalue weighted by atomic mass is 14.4. The van der Waals surface area contributed by atoms with E-state index in [4.69, 9.17) is 0 Å². The minimum Gasteiger partial charge on any atom is -0.0590 e. The van der Waals surface area contributed by atoms with E-state index in [1.54, 1.807) is 5.56 Å². The van der Waals surface area contributed by atoms with Crippen LogP contribution < -0.4 is 0 Å². The van der Waals surface area contributed by atoms with E-state index < -0.39 is 0 Å². The number of hydrogen-bond acceptors (Lipinski definition) is 0. The molecule has 2 saturated carbocycles. The molecule has 2 aliphatic carbocycles. The molecule has 0 spiro atoms. The van der Waals surface area contributed by atoms with Gasteiger partial charge in [0.05, 0.1) is 0 Å². The van der Waals surface area contributed by atoms with Gasteiger partial charge in [0.15, 0.2) is 0 Å². The zero-order chi connectivity index (χ0) is 10.3. The van der Waals surface area contributed by atoms with E-state index in [0.717, 1.165) is 17.8 Å². The van der Waals surface area contributed by atoms with Crippen LogP contribution in [0.3, 0.4) is 0 Å². The van der Waals surface area contributed by atoms with Crippen LogP contribution in [0.5, 0.6) is 0 Å². The Hall–Kier alpha value is -0.780. The molecule has 0 saturated heterocycles. The Kier molecular flexibility index (Phi) is 2.31. The second-order valence-electron chi connectivity index (χ2n) is 5.45. The lowest BCUT2D eigenvalue weighted by Crippen LogP contribution is -2.34. The van der Waals surface area contributed by atoms with Crippen LogP contribution in [0.4, 0.5) is 0 Å². The monoisotopic (exact) mass is 200 g/mol. The van der Waals surface area contributed by atoms with Gasteiger partial charge in [-0.15, -0.1) is 0 Å². The fourth-order valence-corrected chi connectivity index (χ4v) is 3.52. The van der Waals surface area contributed by atoms with Crippen LogP contribution in [-0.2, 0) is 0 Å². The topological polar surface area (TPSA) is 0 Å². The zero-order valence-electron chi connectivity index (χ0n) is 9.58. The van der Waals surface area contributed by atoms with E-state index in [2.05, 4.69) is 31.2 Å².